The predicted octanol–water partition coefficient (Wildman–Crippen LogP) is 5.90. The van der Waals surface area contributed by atoms with Crippen LogP contribution in [0.2, 0.25) is 0 Å². The van der Waals surface area contributed by atoms with Crippen LogP contribution in [0.4, 0.5) is 0 Å². The molecule has 0 radical (unpaired) electrons. The topological polar surface area (TPSA) is 0 Å². The van der Waals surface area contributed by atoms with Gasteiger partial charge in [-0.25, -0.2) is 5.80 Å². The lowest BCUT2D eigenvalue weighted by atomic mass is 10.0. The second-order valence-electron chi connectivity index (χ2n) is 3.84. The Morgan fingerprint density at radius 2 is 1.29 bits per heavy atom. The van der Waals surface area contributed by atoms with Crippen LogP contribution in [0.3, 0.4) is 0 Å². The van der Waals surface area contributed by atoms with E-state index >= 15 is 0 Å². The molecule has 3 aromatic rings. The third-order valence-corrected chi connectivity index (χ3v) is 5.21. The van der Waals surface area contributed by atoms with Gasteiger partial charge in [0.05, 0.1) is 0 Å². The number of hydrogen-bond donors (Lipinski definition) is 0. The van der Waals surface area contributed by atoms with Gasteiger partial charge in [0.25, 0.3) is 0 Å². The molecule has 0 aliphatic heterocycles. The van der Waals surface area contributed by atoms with Crippen molar-refractivity contribution in [2.45, 2.75) is 0 Å². The van der Waals surface area contributed by atoms with Crippen molar-refractivity contribution in [3.63, 3.8) is 0 Å². The Labute approximate surface area is 104 Å². The quantitative estimate of drug-likeness (QED) is 0.533. The van der Waals surface area contributed by atoms with E-state index in [1.807, 2.05) is 0 Å². The molecule has 3 rings (SSSR count). The first-order valence-corrected chi connectivity index (χ1v) is 8.11. The summed E-state index contributed by atoms with van der Waals surface area (Å²) in [5.74, 6) is 2.32. The van der Waals surface area contributed by atoms with Crippen LogP contribution < -0.4 is 0 Å². The van der Waals surface area contributed by atoms with Gasteiger partial charge in [0, 0.05) is 0 Å². The van der Waals surface area contributed by atoms with Crippen LogP contribution >= 0.6 is 15.7 Å². The van der Waals surface area contributed by atoms with Crippen molar-refractivity contribution in [1.29, 1.82) is 0 Å². The fourth-order valence-corrected chi connectivity index (χ4v) is 4.67. The van der Waals surface area contributed by atoms with Gasteiger partial charge in [-0.15, -0.1) is 0 Å². The second kappa shape index (κ2) is 4.88. The fraction of sp³-hybridized carbons (Fsp3) is 0. The molecule has 2 aromatic carbocycles. The molecule has 0 unspecified atom stereocenters. The average Bonchev–Trinajstić information content (AvgIpc) is 2.90. The number of rotatable bonds is 2. The minimum atomic E-state index is 1.32. The van der Waals surface area contributed by atoms with Gasteiger partial charge in [-0.3, -0.25) is 7.87 Å². The summed E-state index contributed by atoms with van der Waals surface area (Å²) in [6.07, 6.45) is 0. The Morgan fingerprint density at radius 3 is 1.94 bits per heavy atom. The van der Waals surface area contributed by atoms with E-state index < -0.39 is 0 Å². The molecule has 0 saturated carbocycles. The first-order valence-electron chi connectivity index (χ1n) is 5.54. The van der Waals surface area contributed by atoms with Gasteiger partial charge in [-0.1, -0.05) is 60.7 Å². The Hall–Kier alpha value is -1.35. The lowest BCUT2D eigenvalue weighted by Gasteiger charge is -2.07. The van der Waals surface area contributed by atoms with Crippen molar-refractivity contribution in [2.24, 2.45) is 0 Å². The van der Waals surface area contributed by atoms with Crippen molar-refractivity contribution in [3.8, 4) is 22.0 Å². The second-order valence-corrected chi connectivity index (χ2v) is 6.27. The van der Waals surface area contributed by atoms with E-state index in [1.54, 1.807) is 0 Å². The van der Waals surface area contributed by atoms with Gasteiger partial charge in [0.2, 0.25) is 0 Å². The third-order valence-electron chi connectivity index (χ3n) is 2.73. The molecule has 1 heterocycles. The Morgan fingerprint density at radius 1 is 0.706 bits per heavy atom. The van der Waals surface area contributed by atoms with Crippen molar-refractivity contribution in [2.75, 3.05) is 0 Å². The molecule has 17 heavy (non-hydrogen) atoms. The highest BCUT2D eigenvalue weighted by Gasteiger charge is 2.02. The van der Waals surface area contributed by atoms with E-state index in [2.05, 4.69) is 66.5 Å². The smallest absolute Gasteiger partial charge is 0.0159 e. The minimum absolute atomic E-state index is 1.32. The zero-order valence-corrected chi connectivity index (χ0v) is 11.0. The maximum Gasteiger partial charge on any atom is -0.0159 e. The molecule has 0 aliphatic carbocycles. The van der Waals surface area contributed by atoms with E-state index in [-0.39, 0.29) is 0 Å². The highest BCUT2D eigenvalue weighted by molar-refractivity contribution is 7.92. The monoisotopic (exact) mass is 253 g/mol. The van der Waals surface area contributed by atoms with E-state index in [9.17, 15) is 0 Å². The minimum Gasteiger partial charge on any atom is -0.496 e. The molecule has 0 fully saturated rings. The zero-order chi connectivity index (χ0) is 11.5. The summed E-state index contributed by atoms with van der Waals surface area (Å²) < 4.78 is 0. The molecule has 0 spiro atoms. The first-order chi connectivity index (χ1) is 8.45. The number of hydrogen-bond acceptors (Lipinski definition) is 0. The molecule has 82 valence electrons. The highest BCUT2D eigenvalue weighted by atomic mass is 31.8. The van der Waals surface area contributed by atoms with E-state index in [4.69, 9.17) is 0 Å². The summed E-state index contributed by atoms with van der Waals surface area (Å²) in [7, 11) is 2.76. The summed E-state index contributed by atoms with van der Waals surface area (Å²) in [6, 6.07) is 21.3. The molecule has 0 nitrogen and oxygen atoms in total. The van der Waals surface area contributed by atoms with Gasteiger partial charge in [0.1, 0.15) is 0 Å². The van der Waals surface area contributed by atoms with Crippen LogP contribution in [-0.4, -0.2) is 0 Å². The maximum atomic E-state index is 2.32. The lowest BCUT2D eigenvalue weighted by Crippen LogP contribution is -1.77. The van der Waals surface area contributed by atoms with Crippen LogP contribution in [0.15, 0.2) is 66.5 Å². The average molecular weight is 253 g/mol. The van der Waals surface area contributed by atoms with Gasteiger partial charge < -0.3 is 7.87 Å². The predicted molar refractivity (Wildman–Crippen MR) is 77.9 cm³/mol. The highest BCUT2D eigenvalue weighted by Crippen LogP contribution is 2.44. The molecule has 2 heteroatoms. The van der Waals surface area contributed by atoms with E-state index in [1.165, 1.54) is 37.7 Å². The SMILES string of the molecule is c1ccc(-c2c[p-]pc2-c2ccccc2)cc1. The Bertz CT molecular complexity index is 543. The molecule has 0 bridgehead atoms. The summed E-state index contributed by atoms with van der Waals surface area (Å²) in [5.41, 5.74) is 4.05. The molecule has 0 atom stereocenters. The third kappa shape index (κ3) is 2.20. The zero-order valence-electron chi connectivity index (χ0n) is 9.25. The van der Waals surface area contributed by atoms with Gasteiger partial charge in [-0.05, 0) is 22.0 Å². The van der Waals surface area contributed by atoms with Gasteiger partial charge in [0.15, 0.2) is 0 Å². The summed E-state index contributed by atoms with van der Waals surface area (Å²) in [5, 5.41) is 1.44. The van der Waals surface area contributed by atoms with Crippen LogP contribution in [0, 0.1) is 0 Å². The van der Waals surface area contributed by atoms with Crippen LogP contribution in [0.5, 0.6) is 0 Å². The standard InChI is InChI=1S/C15H11P2/c1-3-7-12(8-4-1)14-11-16-17-15(14)13-9-5-2-6-10-13/h1-11H/q-1. The van der Waals surface area contributed by atoms with Crippen molar-refractivity contribution in [3.05, 3.63) is 66.5 Å². The Balaban J connectivity index is 2.13. The largest absolute Gasteiger partial charge is 0.496 e. The molecule has 0 aliphatic rings. The summed E-state index contributed by atoms with van der Waals surface area (Å²) in [6.45, 7) is 0. The van der Waals surface area contributed by atoms with Gasteiger partial charge >= 0.3 is 0 Å². The number of benzene rings is 2. The summed E-state index contributed by atoms with van der Waals surface area (Å²) in [4.78, 5) is 0. The molecule has 1 aromatic heterocycles. The van der Waals surface area contributed by atoms with E-state index in [0.29, 0.717) is 0 Å². The fourth-order valence-electron chi connectivity index (χ4n) is 1.90. The van der Waals surface area contributed by atoms with Crippen LogP contribution in [0.25, 0.3) is 22.0 Å². The van der Waals surface area contributed by atoms with Crippen molar-refractivity contribution >= 4 is 15.7 Å². The van der Waals surface area contributed by atoms with Crippen molar-refractivity contribution < 1.29 is 0 Å². The van der Waals surface area contributed by atoms with Gasteiger partial charge in [-0.2, -0.15) is 0 Å². The van der Waals surface area contributed by atoms with Crippen molar-refractivity contribution in [1.82, 2.24) is 0 Å². The van der Waals surface area contributed by atoms with E-state index in [0.717, 1.165) is 0 Å². The molecular formula is C15H11P2-. The maximum absolute atomic E-state index is 2.32. The molecule has 0 N–H and O–H groups in total. The summed E-state index contributed by atoms with van der Waals surface area (Å²) >= 11 is 0. The Kier molecular flexibility index (Phi) is 3.10. The first kappa shape index (κ1) is 10.8. The molecule has 0 amide bonds. The molecular weight excluding hydrogens is 242 g/mol. The normalized spacial score (nSPS) is 11.3. The van der Waals surface area contributed by atoms with Crippen LogP contribution in [0.1, 0.15) is 0 Å². The lowest BCUT2D eigenvalue weighted by molar-refractivity contribution is 1.65. The molecule has 0 saturated heterocycles. The van der Waals surface area contributed by atoms with Crippen LogP contribution in [-0.2, 0) is 0 Å².